The molecule has 0 spiro atoms. The van der Waals surface area contributed by atoms with Gasteiger partial charge in [0.25, 0.3) is 0 Å². The first-order valence-electron chi connectivity index (χ1n) is 9.26. The highest BCUT2D eigenvalue weighted by Gasteiger charge is 2.43. The number of hydrogen-bond acceptors (Lipinski definition) is 3. The van der Waals surface area contributed by atoms with E-state index in [0.717, 1.165) is 35.8 Å². The van der Waals surface area contributed by atoms with E-state index in [9.17, 15) is 5.11 Å². The van der Waals surface area contributed by atoms with Gasteiger partial charge in [-0.15, -0.1) is 0 Å². The highest BCUT2D eigenvalue weighted by molar-refractivity contribution is 9.10. The molecule has 3 unspecified atom stereocenters. The molecule has 26 heavy (non-hydrogen) atoms. The zero-order valence-electron chi connectivity index (χ0n) is 15.6. The average molecular weight is 418 g/mol. The van der Waals surface area contributed by atoms with Crippen LogP contribution in [0, 0.1) is 5.92 Å². The standard InChI is InChI=1S/C22H28BrNO2/c1-24(2)15-19-14-21(26-16-17-6-4-3-5-7-17)12-13-22(19,25)18-8-10-20(23)11-9-18/h3-11,19,21,25H,12-16H2,1-2H3. The molecule has 0 amide bonds. The van der Waals surface area contributed by atoms with E-state index in [0.29, 0.717) is 6.61 Å². The third-order valence-corrected chi connectivity index (χ3v) is 5.86. The summed E-state index contributed by atoms with van der Waals surface area (Å²) in [6, 6.07) is 18.4. The molecule has 1 saturated carbocycles. The fraction of sp³-hybridized carbons (Fsp3) is 0.455. The van der Waals surface area contributed by atoms with E-state index in [2.05, 4.69) is 47.1 Å². The molecule has 1 aliphatic rings. The second kappa shape index (κ2) is 8.66. The molecule has 1 aliphatic carbocycles. The summed E-state index contributed by atoms with van der Waals surface area (Å²) in [7, 11) is 4.13. The summed E-state index contributed by atoms with van der Waals surface area (Å²) < 4.78 is 7.23. The number of nitrogens with zero attached hydrogens (tertiary/aromatic N) is 1. The van der Waals surface area contributed by atoms with Crippen molar-refractivity contribution in [2.45, 2.75) is 37.6 Å². The number of rotatable bonds is 6. The fourth-order valence-electron chi connectivity index (χ4n) is 3.94. The molecule has 3 atom stereocenters. The fourth-order valence-corrected chi connectivity index (χ4v) is 4.20. The van der Waals surface area contributed by atoms with Crippen molar-refractivity contribution >= 4 is 15.9 Å². The van der Waals surface area contributed by atoms with Gasteiger partial charge in [-0.1, -0.05) is 58.4 Å². The number of ether oxygens (including phenoxy) is 1. The Morgan fingerprint density at radius 3 is 2.46 bits per heavy atom. The van der Waals surface area contributed by atoms with Crippen molar-refractivity contribution in [1.29, 1.82) is 0 Å². The molecule has 0 aliphatic heterocycles. The minimum atomic E-state index is -0.794. The topological polar surface area (TPSA) is 32.7 Å². The molecule has 0 aromatic heterocycles. The summed E-state index contributed by atoms with van der Waals surface area (Å²) in [6.07, 6.45) is 2.67. The molecule has 0 saturated heterocycles. The van der Waals surface area contributed by atoms with Gasteiger partial charge in [0.05, 0.1) is 18.3 Å². The molecule has 140 valence electrons. The van der Waals surface area contributed by atoms with E-state index < -0.39 is 5.60 Å². The Balaban J connectivity index is 1.71. The van der Waals surface area contributed by atoms with Gasteiger partial charge in [-0.25, -0.2) is 0 Å². The van der Waals surface area contributed by atoms with Crippen LogP contribution >= 0.6 is 15.9 Å². The molecule has 4 heteroatoms. The molecule has 0 radical (unpaired) electrons. The molecule has 2 aromatic rings. The maximum Gasteiger partial charge on any atom is 0.0938 e. The molecule has 0 bridgehead atoms. The van der Waals surface area contributed by atoms with E-state index in [1.165, 1.54) is 5.56 Å². The summed E-state index contributed by atoms with van der Waals surface area (Å²) in [5.41, 5.74) is 1.41. The van der Waals surface area contributed by atoms with Crippen LogP contribution in [0.15, 0.2) is 59.1 Å². The van der Waals surface area contributed by atoms with Crippen LogP contribution < -0.4 is 0 Å². The lowest BCUT2D eigenvalue weighted by Crippen LogP contribution is -2.46. The number of aliphatic hydroxyl groups is 1. The molecule has 1 N–H and O–H groups in total. The summed E-state index contributed by atoms with van der Waals surface area (Å²) in [5, 5.41) is 11.5. The predicted octanol–water partition coefficient (Wildman–Crippen LogP) is 4.58. The van der Waals surface area contributed by atoms with Crippen molar-refractivity contribution in [2.24, 2.45) is 5.92 Å². The van der Waals surface area contributed by atoms with E-state index in [4.69, 9.17) is 4.74 Å². The average Bonchev–Trinajstić information content (AvgIpc) is 2.63. The van der Waals surface area contributed by atoms with Crippen molar-refractivity contribution in [1.82, 2.24) is 4.90 Å². The molecule has 1 fully saturated rings. The third kappa shape index (κ3) is 4.74. The first-order chi connectivity index (χ1) is 12.5. The minimum Gasteiger partial charge on any atom is -0.385 e. The summed E-state index contributed by atoms with van der Waals surface area (Å²) in [4.78, 5) is 2.16. The second-order valence-corrected chi connectivity index (χ2v) is 8.50. The van der Waals surface area contributed by atoms with Crippen LogP contribution in [-0.2, 0) is 16.9 Å². The van der Waals surface area contributed by atoms with E-state index >= 15 is 0 Å². The number of hydrogen-bond donors (Lipinski definition) is 1. The van der Waals surface area contributed by atoms with Crippen LogP contribution in [0.4, 0.5) is 0 Å². The predicted molar refractivity (Wildman–Crippen MR) is 109 cm³/mol. The molecule has 3 nitrogen and oxygen atoms in total. The summed E-state index contributed by atoms with van der Waals surface area (Å²) in [5.74, 6) is 0.146. The van der Waals surface area contributed by atoms with Crippen molar-refractivity contribution in [3.63, 3.8) is 0 Å². The van der Waals surface area contributed by atoms with Crippen LogP contribution in [0.25, 0.3) is 0 Å². The van der Waals surface area contributed by atoms with Crippen LogP contribution in [0.2, 0.25) is 0 Å². The highest BCUT2D eigenvalue weighted by atomic mass is 79.9. The van der Waals surface area contributed by atoms with Crippen LogP contribution in [0.1, 0.15) is 30.4 Å². The lowest BCUT2D eigenvalue weighted by atomic mass is 9.70. The third-order valence-electron chi connectivity index (χ3n) is 5.33. The molecular formula is C22H28BrNO2. The van der Waals surface area contributed by atoms with E-state index in [1.54, 1.807) is 0 Å². The quantitative estimate of drug-likeness (QED) is 0.745. The minimum absolute atomic E-state index is 0.146. The Hall–Kier alpha value is -1.20. The highest BCUT2D eigenvalue weighted by Crippen LogP contribution is 2.43. The van der Waals surface area contributed by atoms with Crippen molar-refractivity contribution in [3.8, 4) is 0 Å². The van der Waals surface area contributed by atoms with Crippen molar-refractivity contribution in [3.05, 3.63) is 70.2 Å². The maximum absolute atomic E-state index is 11.5. The zero-order chi connectivity index (χ0) is 18.6. The lowest BCUT2D eigenvalue weighted by molar-refractivity contribution is -0.110. The Kier molecular flexibility index (Phi) is 6.51. The van der Waals surface area contributed by atoms with Crippen molar-refractivity contribution in [2.75, 3.05) is 20.6 Å². The Labute approximate surface area is 165 Å². The molecule has 3 rings (SSSR count). The Morgan fingerprint density at radius 2 is 1.81 bits per heavy atom. The molecule has 2 aromatic carbocycles. The van der Waals surface area contributed by atoms with Gasteiger partial charge < -0.3 is 14.7 Å². The van der Waals surface area contributed by atoms with Gasteiger partial charge in [0.2, 0.25) is 0 Å². The summed E-state index contributed by atoms with van der Waals surface area (Å²) in [6.45, 7) is 1.48. The van der Waals surface area contributed by atoms with Gasteiger partial charge in [-0.05, 0) is 56.6 Å². The SMILES string of the molecule is CN(C)CC1CC(OCc2ccccc2)CCC1(O)c1ccc(Br)cc1. The van der Waals surface area contributed by atoms with Gasteiger partial charge >= 0.3 is 0 Å². The van der Waals surface area contributed by atoms with Crippen LogP contribution in [-0.4, -0.2) is 36.8 Å². The Bertz CT molecular complexity index is 689. The monoisotopic (exact) mass is 417 g/mol. The summed E-state index contributed by atoms with van der Waals surface area (Å²) >= 11 is 3.48. The van der Waals surface area contributed by atoms with E-state index in [1.807, 2.05) is 42.5 Å². The number of benzene rings is 2. The molecular weight excluding hydrogens is 390 g/mol. The van der Waals surface area contributed by atoms with Gasteiger partial charge in [-0.2, -0.15) is 0 Å². The lowest BCUT2D eigenvalue weighted by Gasteiger charge is -2.44. The first kappa shape index (κ1) is 19.6. The van der Waals surface area contributed by atoms with Crippen LogP contribution in [0.5, 0.6) is 0 Å². The smallest absolute Gasteiger partial charge is 0.0938 e. The normalized spacial score (nSPS) is 26.2. The van der Waals surface area contributed by atoms with Gasteiger partial charge in [0.1, 0.15) is 0 Å². The van der Waals surface area contributed by atoms with E-state index in [-0.39, 0.29) is 12.0 Å². The second-order valence-electron chi connectivity index (χ2n) is 7.58. The number of halogens is 1. The van der Waals surface area contributed by atoms with Gasteiger partial charge in [0, 0.05) is 16.9 Å². The maximum atomic E-state index is 11.5. The van der Waals surface area contributed by atoms with Crippen molar-refractivity contribution < 1.29 is 9.84 Å². The Morgan fingerprint density at radius 1 is 1.12 bits per heavy atom. The largest absolute Gasteiger partial charge is 0.385 e. The van der Waals surface area contributed by atoms with Gasteiger partial charge in [0.15, 0.2) is 0 Å². The zero-order valence-corrected chi connectivity index (χ0v) is 17.2. The van der Waals surface area contributed by atoms with Crippen LogP contribution in [0.3, 0.4) is 0 Å². The van der Waals surface area contributed by atoms with Gasteiger partial charge in [-0.3, -0.25) is 0 Å². The first-order valence-corrected chi connectivity index (χ1v) is 10.1. The molecule has 0 heterocycles.